The van der Waals surface area contributed by atoms with E-state index in [2.05, 4.69) is 93.6 Å². The van der Waals surface area contributed by atoms with Crippen molar-refractivity contribution in [3.8, 4) is 0 Å². The molecule has 4 nitrogen and oxygen atoms in total. The maximum atomic E-state index is 10.9. The molecule has 0 bridgehead atoms. The van der Waals surface area contributed by atoms with Crippen molar-refractivity contribution in [2.45, 2.75) is 23.6 Å². The van der Waals surface area contributed by atoms with E-state index >= 15 is 0 Å². The molecule has 2 heterocycles. The second kappa shape index (κ2) is 11.2. The number of rotatable bonds is 8. The zero-order valence-corrected chi connectivity index (χ0v) is 20.1. The van der Waals surface area contributed by atoms with Crippen molar-refractivity contribution in [1.82, 2.24) is 14.8 Å². The molecule has 0 radical (unpaired) electrons. The predicted molar refractivity (Wildman–Crippen MR) is 141 cm³/mol. The van der Waals surface area contributed by atoms with Gasteiger partial charge in [-0.1, -0.05) is 72.8 Å². The van der Waals surface area contributed by atoms with Gasteiger partial charge in [0.05, 0.1) is 11.6 Å². The molecule has 0 saturated carbocycles. The van der Waals surface area contributed by atoms with Gasteiger partial charge in [-0.25, -0.2) is 0 Å². The molecule has 34 heavy (non-hydrogen) atoms. The molecule has 4 aromatic rings. The second-order valence-corrected chi connectivity index (χ2v) is 9.88. The van der Waals surface area contributed by atoms with Gasteiger partial charge in [-0.05, 0) is 35.7 Å². The van der Waals surface area contributed by atoms with Gasteiger partial charge in [0.2, 0.25) is 0 Å². The third-order valence-corrected chi connectivity index (χ3v) is 7.71. The SMILES string of the molecule is OC(CCSc1cccc2ncccc12)N1CCN(C(c2ccccc2)c2ccccc2)CC1. The van der Waals surface area contributed by atoms with Crippen LogP contribution in [0.2, 0.25) is 0 Å². The number of aliphatic hydroxyl groups excluding tert-OH is 1. The van der Waals surface area contributed by atoms with E-state index in [1.807, 2.05) is 18.3 Å². The fraction of sp³-hybridized carbons (Fsp3) is 0.276. The van der Waals surface area contributed by atoms with Crippen molar-refractivity contribution in [2.24, 2.45) is 0 Å². The molecular formula is C29H31N3OS. The molecule has 1 aromatic heterocycles. The van der Waals surface area contributed by atoms with Gasteiger partial charge in [0.25, 0.3) is 0 Å². The summed E-state index contributed by atoms with van der Waals surface area (Å²) in [6.07, 6.45) is 2.18. The lowest BCUT2D eigenvalue weighted by Crippen LogP contribution is -2.51. The van der Waals surface area contributed by atoms with E-state index in [0.29, 0.717) is 0 Å². The van der Waals surface area contributed by atoms with Crippen molar-refractivity contribution in [1.29, 1.82) is 0 Å². The summed E-state index contributed by atoms with van der Waals surface area (Å²) < 4.78 is 0. The van der Waals surface area contributed by atoms with E-state index in [-0.39, 0.29) is 6.04 Å². The summed E-state index contributed by atoms with van der Waals surface area (Å²) in [5.41, 5.74) is 3.67. The summed E-state index contributed by atoms with van der Waals surface area (Å²) >= 11 is 1.81. The zero-order chi connectivity index (χ0) is 23.2. The van der Waals surface area contributed by atoms with Crippen molar-refractivity contribution < 1.29 is 5.11 Å². The molecule has 174 valence electrons. The summed E-state index contributed by atoms with van der Waals surface area (Å²) in [5, 5.41) is 12.1. The van der Waals surface area contributed by atoms with Crippen molar-refractivity contribution in [2.75, 3.05) is 31.9 Å². The van der Waals surface area contributed by atoms with Crippen LogP contribution in [-0.4, -0.2) is 58.1 Å². The second-order valence-electron chi connectivity index (χ2n) is 8.74. The first-order valence-electron chi connectivity index (χ1n) is 12.0. The molecule has 0 amide bonds. The maximum absolute atomic E-state index is 10.9. The summed E-state index contributed by atoms with van der Waals surface area (Å²) in [7, 11) is 0. The number of thioether (sulfide) groups is 1. The van der Waals surface area contributed by atoms with Crippen LogP contribution in [0.25, 0.3) is 10.9 Å². The summed E-state index contributed by atoms with van der Waals surface area (Å²) in [5.74, 6) is 0.881. The lowest BCUT2D eigenvalue weighted by Gasteiger charge is -2.41. The molecule has 1 unspecified atom stereocenters. The average Bonchev–Trinajstić information content (AvgIpc) is 2.90. The van der Waals surface area contributed by atoms with E-state index in [4.69, 9.17) is 0 Å². The highest BCUT2D eigenvalue weighted by atomic mass is 32.2. The van der Waals surface area contributed by atoms with E-state index in [1.54, 1.807) is 11.8 Å². The topological polar surface area (TPSA) is 39.6 Å². The quantitative estimate of drug-likeness (QED) is 0.348. The van der Waals surface area contributed by atoms with E-state index in [1.165, 1.54) is 21.4 Å². The Hall–Kier alpha value is -2.70. The van der Waals surface area contributed by atoms with Crippen LogP contribution in [0.3, 0.4) is 0 Å². The molecule has 1 saturated heterocycles. The highest BCUT2D eigenvalue weighted by Gasteiger charge is 2.28. The Balaban J connectivity index is 1.18. The number of pyridine rings is 1. The van der Waals surface area contributed by atoms with Crippen LogP contribution in [0.1, 0.15) is 23.6 Å². The number of aliphatic hydroxyl groups is 1. The van der Waals surface area contributed by atoms with Crippen molar-refractivity contribution in [3.05, 3.63) is 108 Å². The molecule has 0 aliphatic carbocycles. The minimum atomic E-state index is -0.408. The van der Waals surface area contributed by atoms with Crippen LogP contribution in [0.5, 0.6) is 0 Å². The third-order valence-electron chi connectivity index (χ3n) is 6.61. The Kier molecular flexibility index (Phi) is 7.56. The summed E-state index contributed by atoms with van der Waals surface area (Å²) in [4.78, 5) is 10.5. The van der Waals surface area contributed by atoms with Gasteiger partial charge in [0, 0.05) is 48.4 Å². The van der Waals surface area contributed by atoms with Gasteiger partial charge < -0.3 is 5.11 Å². The number of fused-ring (bicyclic) bond motifs is 1. The number of hydrogen-bond acceptors (Lipinski definition) is 5. The van der Waals surface area contributed by atoms with Crippen LogP contribution in [0.4, 0.5) is 0 Å². The molecule has 1 atom stereocenters. The van der Waals surface area contributed by atoms with E-state index < -0.39 is 6.23 Å². The Labute approximate surface area is 206 Å². The Morgan fingerprint density at radius 2 is 1.38 bits per heavy atom. The number of hydrogen-bond donors (Lipinski definition) is 1. The van der Waals surface area contributed by atoms with Crippen molar-refractivity contribution in [3.63, 3.8) is 0 Å². The Bertz CT molecular complexity index is 1130. The van der Waals surface area contributed by atoms with E-state index in [0.717, 1.165) is 43.9 Å². The smallest absolute Gasteiger partial charge is 0.108 e. The molecule has 5 heteroatoms. The van der Waals surface area contributed by atoms with Crippen LogP contribution in [0.15, 0.2) is 102 Å². The largest absolute Gasteiger partial charge is 0.378 e. The Morgan fingerprint density at radius 1 is 0.735 bits per heavy atom. The molecule has 5 rings (SSSR count). The van der Waals surface area contributed by atoms with Crippen LogP contribution < -0.4 is 0 Å². The summed E-state index contributed by atoms with van der Waals surface area (Å²) in [6.45, 7) is 3.63. The summed E-state index contributed by atoms with van der Waals surface area (Å²) in [6, 6.07) is 32.1. The Morgan fingerprint density at radius 3 is 2.06 bits per heavy atom. The molecule has 1 aliphatic rings. The van der Waals surface area contributed by atoms with Gasteiger partial charge in [-0.3, -0.25) is 14.8 Å². The predicted octanol–water partition coefficient (Wildman–Crippen LogP) is 5.44. The monoisotopic (exact) mass is 469 g/mol. The minimum absolute atomic E-state index is 0.247. The van der Waals surface area contributed by atoms with Gasteiger partial charge in [0.1, 0.15) is 6.23 Å². The standard InChI is InChI=1S/C29H31N3OS/c33-28(16-22-34-27-15-7-14-26-25(27)13-8-17-30-26)31-18-20-32(21-19-31)29(23-9-3-1-4-10-23)24-11-5-2-6-12-24/h1-15,17,28-29,33H,16,18-22H2. The van der Waals surface area contributed by atoms with Crippen LogP contribution in [-0.2, 0) is 0 Å². The first-order chi connectivity index (χ1) is 16.8. The van der Waals surface area contributed by atoms with Gasteiger partial charge in [-0.15, -0.1) is 11.8 Å². The number of piperazine rings is 1. The first-order valence-corrected chi connectivity index (χ1v) is 13.0. The zero-order valence-electron chi connectivity index (χ0n) is 19.3. The van der Waals surface area contributed by atoms with Gasteiger partial charge in [0.15, 0.2) is 0 Å². The lowest BCUT2D eigenvalue weighted by atomic mass is 9.96. The molecule has 1 fully saturated rings. The molecule has 3 aromatic carbocycles. The normalized spacial score (nSPS) is 16.2. The van der Waals surface area contributed by atoms with Crippen molar-refractivity contribution >= 4 is 22.7 Å². The highest BCUT2D eigenvalue weighted by molar-refractivity contribution is 7.99. The fourth-order valence-electron chi connectivity index (χ4n) is 4.84. The highest BCUT2D eigenvalue weighted by Crippen LogP contribution is 2.30. The lowest BCUT2D eigenvalue weighted by molar-refractivity contribution is -0.0309. The molecule has 0 spiro atoms. The van der Waals surface area contributed by atoms with Crippen LogP contribution >= 0.6 is 11.8 Å². The van der Waals surface area contributed by atoms with E-state index in [9.17, 15) is 5.11 Å². The average molecular weight is 470 g/mol. The molecular weight excluding hydrogens is 438 g/mol. The molecule has 1 N–H and O–H groups in total. The molecule has 1 aliphatic heterocycles. The van der Waals surface area contributed by atoms with Gasteiger partial charge >= 0.3 is 0 Å². The number of aromatic nitrogens is 1. The maximum Gasteiger partial charge on any atom is 0.108 e. The number of benzene rings is 3. The third kappa shape index (κ3) is 5.34. The van der Waals surface area contributed by atoms with Crippen LogP contribution in [0, 0.1) is 0 Å². The number of nitrogens with zero attached hydrogens (tertiary/aromatic N) is 3. The fourth-order valence-corrected chi connectivity index (χ4v) is 5.89. The van der Waals surface area contributed by atoms with Gasteiger partial charge in [-0.2, -0.15) is 0 Å². The minimum Gasteiger partial charge on any atom is -0.378 e. The first kappa shape index (κ1) is 23.1.